The monoisotopic (exact) mass is 500 g/mol. The number of hydrogen-bond acceptors (Lipinski definition) is 5. The third-order valence-corrected chi connectivity index (χ3v) is 6.92. The number of nitrogens with zero attached hydrogens (tertiary/aromatic N) is 4. The molecule has 1 atom stereocenters. The van der Waals surface area contributed by atoms with Crippen molar-refractivity contribution in [3.8, 4) is 17.2 Å². The maximum atomic E-state index is 13.9. The molecular formula is C25H23F3N4O2S. The Morgan fingerprint density at radius 3 is 2.77 bits per heavy atom. The molecule has 3 heterocycles. The number of methoxy groups -OCH3 is 1. The molecule has 0 saturated heterocycles. The van der Waals surface area contributed by atoms with Crippen LogP contribution in [0.2, 0.25) is 0 Å². The van der Waals surface area contributed by atoms with Gasteiger partial charge in [0.2, 0.25) is 5.91 Å². The summed E-state index contributed by atoms with van der Waals surface area (Å²) in [5, 5.41) is 13.2. The number of thiophene rings is 1. The second-order valence-electron chi connectivity index (χ2n) is 8.06. The highest BCUT2D eigenvalue weighted by molar-refractivity contribution is 7.12. The molecule has 2 aromatic heterocycles. The van der Waals surface area contributed by atoms with Crippen LogP contribution in [0.15, 0.2) is 48.7 Å². The van der Waals surface area contributed by atoms with E-state index in [1.807, 2.05) is 0 Å². The van der Waals surface area contributed by atoms with Crippen LogP contribution in [0.1, 0.15) is 39.4 Å². The fourth-order valence-corrected chi connectivity index (χ4v) is 5.33. The van der Waals surface area contributed by atoms with Gasteiger partial charge >= 0.3 is 6.18 Å². The Kier molecular flexibility index (Phi) is 7.10. The van der Waals surface area contributed by atoms with E-state index in [9.17, 15) is 23.2 Å². The molecule has 1 aromatic carbocycles. The number of ether oxygens (including phenoxy) is 1. The number of benzene rings is 1. The summed E-state index contributed by atoms with van der Waals surface area (Å²) in [6.45, 7) is 2.91. The third kappa shape index (κ3) is 5.01. The number of carbonyl (C=O) groups excluding carboxylic acids is 1. The van der Waals surface area contributed by atoms with Crippen LogP contribution in [0.5, 0.6) is 0 Å². The van der Waals surface area contributed by atoms with Crippen molar-refractivity contribution in [2.24, 2.45) is 0 Å². The van der Waals surface area contributed by atoms with Crippen molar-refractivity contribution in [2.45, 2.75) is 32.1 Å². The van der Waals surface area contributed by atoms with Gasteiger partial charge in [-0.3, -0.25) is 9.48 Å². The highest BCUT2D eigenvalue weighted by Gasteiger charge is 2.39. The Balaban J connectivity index is 1.83. The number of carbonyl (C=O) groups is 1. The summed E-state index contributed by atoms with van der Waals surface area (Å²) in [7, 11) is 1.53. The molecule has 4 rings (SSSR count). The first-order valence-corrected chi connectivity index (χ1v) is 11.8. The zero-order valence-corrected chi connectivity index (χ0v) is 20.0. The molecule has 3 aromatic rings. The van der Waals surface area contributed by atoms with E-state index in [2.05, 4.69) is 11.2 Å². The quantitative estimate of drug-likeness (QED) is 0.437. The van der Waals surface area contributed by atoms with Gasteiger partial charge in [-0.2, -0.15) is 23.5 Å². The second kappa shape index (κ2) is 10.1. The molecule has 0 aliphatic carbocycles. The molecule has 6 nitrogen and oxygen atoms in total. The van der Waals surface area contributed by atoms with Crippen LogP contribution in [-0.4, -0.2) is 40.8 Å². The van der Waals surface area contributed by atoms with E-state index in [0.717, 1.165) is 10.4 Å². The predicted octanol–water partition coefficient (Wildman–Crippen LogP) is 5.20. The van der Waals surface area contributed by atoms with E-state index in [1.54, 1.807) is 48.2 Å². The van der Waals surface area contributed by atoms with Crippen LogP contribution < -0.4 is 0 Å². The van der Waals surface area contributed by atoms with Gasteiger partial charge in [-0.25, -0.2) is 0 Å². The standard InChI is InChI=1S/C25H23F3N4O2S/c1-3-32-14-21(24(30-32)25(26,27)28)18-8-5-4-7-17(18)20-13-31(23(33)9-6-10-34-2)15-22-19(20)11-16(12-29)35-22/h4-9,11,14,20H,3,10,13,15H2,1-2H3/b9-6+/t20-/m0/s1. The largest absolute Gasteiger partial charge is 0.435 e. The number of alkyl halides is 3. The maximum Gasteiger partial charge on any atom is 0.435 e. The Morgan fingerprint density at radius 1 is 1.31 bits per heavy atom. The molecule has 0 radical (unpaired) electrons. The van der Waals surface area contributed by atoms with Crippen molar-refractivity contribution in [2.75, 3.05) is 20.3 Å². The summed E-state index contributed by atoms with van der Waals surface area (Å²) >= 11 is 1.30. The number of aromatic nitrogens is 2. The molecule has 0 saturated carbocycles. The van der Waals surface area contributed by atoms with Crippen LogP contribution in [-0.2, 0) is 28.8 Å². The molecule has 10 heteroatoms. The average molecular weight is 501 g/mol. The topological polar surface area (TPSA) is 71.2 Å². The van der Waals surface area contributed by atoms with Crippen LogP contribution >= 0.6 is 11.3 Å². The van der Waals surface area contributed by atoms with E-state index in [0.29, 0.717) is 29.1 Å². The van der Waals surface area contributed by atoms with Gasteiger partial charge < -0.3 is 9.64 Å². The van der Waals surface area contributed by atoms with Gasteiger partial charge in [-0.05, 0) is 29.7 Å². The summed E-state index contributed by atoms with van der Waals surface area (Å²) in [6.07, 6.45) is -0.158. The molecular weight excluding hydrogens is 477 g/mol. The van der Waals surface area contributed by atoms with Gasteiger partial charge in [-0.15, -0.1) is 11.3 Å². The lowest BCUT2D eigenvalue weighted by molar-refractivity contribution is -0.141. The second-order valence-corrected chi connectivity index (χ2v) is 9.20. The molecule has 182 valence electrons. The molecule has 35 heavy (non-hydrogen) atoms. The average Bonchev–Trinajstić information content (AvgIpc) is 3.47. The van der Waals surface area contributed by atoms with E-state index < -0.39 is 17.8 Å². The van der Waals surface area contributed by atoms with Crippen molar-refractivity contribution < 1.29 is 22.7 Å². The van der Waals surface area contributed by atoms with Gasteiger partial charge in [0, 0.05) is 48.8 Å². The minimum atomic E-state index is -4.62. The van der Waals surface area contributed by atoms with Gasteiger partial charge in [0.1, 0.15) is 10.9 Å². The summed E-state index contributed by atoms with van der Waals surface area (Å²) < 4.78 is 47.9. The summed E-state index contributed by atoms with van der Waals surface area (Å²) in [5.41, 5.74) is 0.970. The number of rotatable bonds is 6. The summed E-state index contributed by atoms with van der Waals surface area (Å²) in [5.74, 6) is -0.629. The highest BCUT2D eigenvalue weighted by atomic mass is 32.1. The fraction of sp³-hybridized carbons (Fsp3) is 0.320. The number of nitriles is 1. The number of amides is 1. The van der Waals surface area contributed by atoms with Gasteiger partial charge in [-0.1, -0.05) is 30.3 Å². The third-order valence-electron chi connectivity index (χ3n) is 5.88. The molecule has 0 bridgehead atoms. The van der Waals surface area contributed by atoms with Gasteiger partial charge in [0.25, 0.3) is 0 Å². The zero-order chi connectivity index (χ0) is 25.2. The Hall–Kier alpha value is -3.42. The maximum absolute atomic E-state index is 13.9. The lowest BCUT2D eigenvalue weighted by atomic mass is 9.83. The van der Waals surface area contributed by atoms with Crippen molar-refractivity contribution in [3.63, 3.8) is 0 Å². The van der Waals surface area contributed by atoms with E-state index >= 15 is 0 Å². The van der Waals surface area contributed by atoms with Crippen LogP contribution in [0.4, 0.5) is 13.2 Å². The molecule has 0 N–H and O–H groups in total. The zero-order valence-electron chi connectivity index (χ0n) is 19.2. The SMILES string of the molecule is CCn1cc(-c2ccccc2[C@@H]2CN(C(=O)/C=C/COC)Cc3sc(C#N)cc32)c(C(F)(F)F)n1. The number of halogens is 3. The molecule has 0 unspecified atom stereocenters. The van der Waals surface area contributed by atoms with Crippen LogP contribution in [0.25, 0.3) is 11.1 Å². The molecule has 1 amide bonds. The first-order chi connectivity index (χ1) is 16.8. The van der Waals surface area contributed by atoms with E-state index in [-0.39, 0.29) is 24.6 Å². The Labute approximate surface area is 204 Å². The number of aryl methyl sites for hydroxylation is 1. The summed E-state index contributed by atoms with van der Waals surface area (Å²) in [4.78, 5) is 15.9. The molecule has 1 aliphatic rings. The van der Waals surface area contributed by atoms with Gasteiger partial charge in [0.05, 0.1) is 13.2 Å². The van der Waals surface area contributed by atoms with E-state index in [4.69, 9.17) is 4.74 Å². The van der Waals surface area contributed by atoms with Crippen molar-refractivity contribution in [3.05, 3.63) is 75.3 Å². The number of fused-ring (bicyclic) bond motifs is 1. The Bertz CT molecular complexity index is 1300. The Morgan fingerprint density at radius 2 is 2.09 bits per heavy atom. The fourth-order valence-electron chi connectivity index (χ4n) is 4.29. The smallest absolute Gasteiger partial charge is 0.381 e. The number of hydrogen-bond donors (Lipinski definition) is 0. The predicted molar refractivity (Wildman–Crippen MR) is 126 cm³/mol. The van der Waals surface area contributed by atoms with Crippen LogP contribution in [0.3, 0.4) is 0 Å². The normalized spacial score (nSPS) is 15.9. The summed E-state index contributed by atoms with van der Waals surface area (Å²) in [6, 6.07) is 10.8. The first kappa shape index (κ1) is 24.7. The van der Waals surface area contributed by atoms with Gasteiger partial charge in [0.15, 0.2) is 5.69 Å². The van der Waals surface area contributed by atoms with E-state index in [1.165, 1.54) is 35.4 Å². The molecule has 1 aliphatic heterocycles. The lowest BCUT2D eigenvalue weighted by Crippen LogP contribution is -2.37. The van der Waals surface area contributed by atoms with Crippen molar-refractivity contribution in [1.29, 1.82) is 5.26 Å². The lowest BCUT2D eigenvalue weighted by Gasteiger charge is -2.33. The minimum Gasteiger partial charge on any atom is -0.381 e. The van der Waals surface area contributed by atoms with Crippen molar-refractivity contribution >= 4 is 17.2 Å². The van der Waals surface area contributed by atoms with Crippen LogP contribution in [0, 0.1) is 11.3 Å². The molecule has 0 spiro atoms. The molecule has 0 fully saturated rings. The minimum absolute atomic E-state index is 0.00400. The highest BCUT2D eigenvalue weighted by Crippen LogP contribution is 2.44. The van der Waals surface area contributed by atoms with Crippen molar-refractivity contribution in [1.82, 2.24) is 14.7 Å². The first-order valence-electron chi connectivity index (χ1n) is 11.0.